The van der Waals surface area contributed by atoms with Gasteiger partial charge in [0.25, 0.3) is 0 Å². The maximum atomic E-state index is 11.7. The molecular weight excluding hydrogens is 258 g/mol. The highest BCUT2D eigenvalue weighted by atomic mass is 16.1. The molecule has 0 aromatic rings. The van der Waals surface area contributed by atoms with Gasteiger partial charge in [0, 0.05) is 12.6 Å². The van der Waals surface area contributed by atoms with Crippen LogP contribution < -0.4 is 5.32 Å². The van der Waals surface area contributed by atoms with Gasteiger partial charge in [0.1, 0.15) is 0 Å². The second-order valence-corrected chi connectivity index (χ2v) is 7.86. The standard InChI is InChI=1S/C19H35NO/c1-7-8-16(13-14(2)18(21)20-6)15-9-11-17(12-10-15)19(3,4)5/h13,15-17H,7-12H2,1-6H3,(H,20,21)/b14-13+. The molecule has 1 aliphatic carbocycles. The highest BCUT2D eigenvalue weighted by Crippen LogP contribution is 2.43. The molecule has 0 aromatic carbocycles. The third-order valence-electron chi connectivity index (χ3n) is 5.27. The molecule has 1 fully saturated rings. The van der Waals surface area contributed by atoms with Crippen molar-refractivity contribution in [2.45, 2.75) is 73.1 Å². The summed E-state index contributed by atoms with van der Waals surface area (Å²) < 4.78 is 0. The lowest BCUT2D eigenvalue weighted by Gasteiger charge is -2.39. The van der Waals surface area contributed by atoms with Crippen molar-refractivity contribution in [1.29, 1.82) is 0 Å². The summed E-state index contributed by atoms with van der Waals surface area (Å²) in [5.74, 6) is 2.27. The van der Waals surface area contributed by atoms with Crippen LogP contribution in [-0.2, 0) is 4.79 Å². The zero-order chi connectivity index (χ0) is 16.0. The zero-order valence-corrected chi connectivity index (χ0v) is 15.0. The summed E-state index contributed by atoms with van der Waals surface area (Å²) >= 11 is 0. The van der Waals surface area contributed by atoms with Crippen molar-refractivity contribution >= 4 is 5.91 Å². The predicted octanol–water partition coefficient (Wildman–Crippen LogP) is 4.95. The van der Waals surface area contributed by atoms with Crippen LogP contribution in [0.25, 0.3) is 0 Å². The van der Waals surface area contributed by atoms with Crippen LogP contribution in [0.15, 0.2) is 11.6 Å². The minimum absolute atomic E-state index is 0.0690. The van der Waals surface area contributed by atoms with Crippen molar-refractivity contribution in [1.82, 2.24) is 5.32 Å². The third kappa shape index (κ3) is 5.48. The molecular formula is C19H35NO. The van der Waals surface area contributed by atoms with Crippen LogP contribution in [0.3, 0.4) is 0 Å². The quantitative estimate of drug-likeness (QED) is 0.714. The van der Waals surface area contributed by atoms with Gasteiger partial charge in [-0.2, -0.15) is 0 Å². The molecule has 0 spiro atoms. The molecule has 122 valence electrons. The van der Waals surface area contributed by atoms with Crippen LogP contribution in [0.1, 0.15) is 73.1 Å². The SMILES string of the molecule is CCCC(/C=C(\C)C(=O)NC)C1CCC(C(C)(C)C)CC1. The highest BCUT2D eigenvalue weighted by Gasteiger charge is 2.32. The van der Waals surface area contributed by atoms with Gasteiger partial charge in [-0.05, 0) is 62.2 Å². The summed E-state index contributed by atoms with van der Waals surface area (Å²) in [5, 5.41) is 2.73. The molecule has 0 saturated heterocycles. The number of carbonyl (C=O) groups excluding carboxylic acids is 1. The number of hydrogen-bond acceptors (Lipinski definition) is 1. The van der Waals surface area contributed by atoms with Gasteiger partial charge in [0.05, 0.1) is 0 Å². The first kappa shape index (κ1) is 18.3. The molecule has 0 heterocycles. The van der Waals surface area contributed by atoms with Crippen molar-refractivity contribution in [2.24, 2.45) is 23.2 Å². The first-order chi connectivity index (χ1) is 9.79. The Kier molecular flexibility index (Phi) is 6.96. The Hall–Kier alpha value is -0.790. The van der Waals surface area contributed by atoms with Gasteiger partial charge in [0.15, 0.2) is 0 Å². The minimum atomic E-state index is 0.0690. The van der Waals surface area contributed by atoms with Gasteiger partial charge in [-0.1, -0.05) is 40.2 Å². The van der Waals surface area contributed by atoms with E-state index in [9.17, 15) is 4.79 Å². The summed E-state index contributed by atoms with van der Waals surface area (Å²) in [4.78, 5) is 11.7. The topological polar surface area (TPSA) is 29.1 Å². The van der Waals surface area contributed by atoms with Gasteiger partial charge in [-0.15, -0.1) is 0 Å². The van der Waals surface area contributed by atoms with Crippen LogP contribution in [0.2, 0.25) is 0 Å². The smallest absolute Gasteiger partial charge is 0.246 e. The maximum Gasteiger partial charge on any atom is 0.246 e. The van der Waals surface area contributed by atoms with E-state index < -0.39 is 0 Å². The lowest BCUT2D eigenvalue weighted by molar-refractivity contribution is -0.117. The zero-order valence-electron chi connectivity index (χ0n) is 15.0. The molecule has 1 aliphatic rings. The van der Waals surface area contributed by atoms with Crippen molar-refractivity contribution in [3.63, 3.8) is 0 Å². The van der Waals surface area contributed by atoms with E-state index in [1.54, 1.807) is 7.05 Å². The average molecular weight is 293 g/mol. The summed E-state index contributed by atoms with van der Waals surface area (Å²) in [7, 11) is 1.71. The number of nitrogens with one attached hydrogen (secondary N) is 1. The van der Waals surface area contributed by atoms with E-state index in [0.29, 0.717) is 11.3 Å². The largest absolute Gasteiger partial charge is 0.355 e. The highest BCUT2D eigenvalue weighted by molar-refractivity contribution is 5.92. The van der Waals surface area contributed by atoms with Crippen molar-refractivity contribution < 1.29 is 4.79 Å². The number of likely N-dealkylation sites (N-methyl/N-ethyl adjacent to an activating group) is 1. The van der Waals surface area contributed by atoms with Crippen molar-refractivity contribution in [3.05, 3.63) is 11.6 Å². The van der Waals surface area contributed by atoms with Crippen LogP contribution in [0, 0.1) is 23.2 Å². The van der Waals surface area contributed by atoms with Gasteiger partial charge >= 0.3 is 0 Å². The number of rotatable bonds is 5. The van der Waals surface area contributed by atoms with Crippen molar-refractivity contribution in [2.75, 3.05) is 7.05 Å². The molecule has 0 bridgehead atoms. The molecule has 0 radical (unpaired) electrons. The van der Waals surface area contributed by atoms with Crippen LogP contribution in [0.5, 0.6) is 0 Å². The Balaban J connectivity index is 2.69. The Labute approximate surface area is 131 Å². The first-order valence-corrected chi connectivity index (χ1v) is 8.70. The minimum Gasteiger partial charge on any atom is -0.355 e. The number of carbonyl (C=O) groups is 1. The predicted molar refractivity (Wildman–Crippen MR) is 91.1 cm³/mol. The third-order valence-corrected chi connectivity index (χ3v) is 5.27. The Morgan fingerprint density at radius 3 is 2.24 bits per heavy atom. The second-order valence-electron chi connectivity index (χ2n) is 7.86. The van der Waals surface area contributed by atoms with Crippen molar-refractivity contribution in [3.8, 4) is 0 Å². The first-order valence-electron chi connectivity index (χ1n) is 8.70. The monoisotopic (exact) mass is 293 g/mol. The summed E-state index contributed by atoms with van der Waals surface area (Å²) in [6.45, 7) is 11.3. The van der Waals surface area contributed by atoms with Gasteiger partial charge in [-0.3, -0.25) is 4.79 Å². The molecule has 2 heteroatoms. The van der Waals surface area contributed by atoms with E-state index >= 15 is 0 Å². The molecule has 0 aliphatic heterocycles. The Morgan fingerprint density at radius 1 is 1.24 bits per heavy atom. The fraction of sp³-hybridized carbons (Fsp3) is 0.842. The number of amides is 1. The molecule has 1 amide bonds. The van der Waals surface area contributed by atoms with Crippen LogP contribution >= 0.6 is 0 Å². The fourth-order valence-electron chi connectivity index (χ4n) is 3.80. The lowest BCUT2D eigenvalue weighted by atomic mass is 9.67. The number of hydrogen-bond donors (Lipinski definition) is 1. The summed E-state index contributed by atoms with van der Waals surface area (Å²) in [6, 6.07) is 0. The van der Waals surface area contributed by atoms with Crippen LogP contribution in [-0.4, -0.2) is 13.0 Å². The van der Waals surface area contributed by atoms with Crippen LogP contribution in [0.4, 0.5) is 0 Å². The average Bonchev–Trinajstić information content (AvgIpc) is 2.45. The lowest BCUT2D eigenvalue weighted by Crippen LogP contribution is -2.28. The molecule has 1 N–H and O–H groups in total. The Bertz CT molecular complexity index is 356. The fourth-order valence-corrected chi connectivity index (χ4v) is 3.80. The van der Waals surface area contributed by atoms with E-state index in [0.717, 1.165) is 17.4 Å². The molecule has 21 heavy (non-hydrogen) atoms. The molecule has 2 nitrogen and oxygen atoms in total. The molecule has 1 unspecified atom stereocenters. The Morgan fingerprint density at radius 2 is 1.81 bits per heavy atom. The van der Waals surface area contributed by atoms with E-state index in [-0.39, 0.29) is 5.91 Å². The molecule has 1 atom stereocenters. The van der Waals surface area contributed by atoms with E-state index in [2.05, 4.69) is 39.1 Å². The van der Waals surface area contributed by atoms with Gasteiger partial charge < -0.3 is 5.32 Å². The molecule has 0 aromatic heterocycles. The molecule has 1 saturated carbocycles. The van der Waals surface area contributed by atoms with E-state index in [4.69, 9.17) is 0 Å². The molecule has 1 rings (SSSR count). The summed E-state index contributed by atoms with van der Waals surface area (Å²) in [6.07, 6.45) is 9.99. The van der Waals surface area contributed by atoms with Gasteiger partial charge in [-0.25, -0.2) is 0 Å². The second kappa shape index (κ2) is 8.00. The van der Waals surface area contributed by atoms with E-state index in [1.807, 2.05) is 6.92 Å². The normalized spacial score (nSPS) is 25.5. The van der Waals surface area contributed by atoms with E-state index in [1.165, 1.54) is 38.5 Å². The summed E-state index contributed by atoms with van der Waals surface area (Å²) in [5.41, 5.74) is 1.33. The maximum absolute atomic E-state index is 11.7. The van der Waals surface area contributed by atoms with Gasteiger partial charge in [0.2, 0.25) is 5.91 Å². The number of allylic oxidation sites excluding steroid dienone is 1.